The van der Waals surface area contributed by atoms with E-state index in [1.807, 2.05) is 18.2 Å². The van der Waals surface area contributed by atoms with Crippen molar-refractivity contribution in [3.63, 3.8) is 0 Å². The molecule has 0 bridgehead atoms. The highest BCUT2D eigenvalue weighted by Crippen LogP contribution is 2.29. The minimum Gasteiger partial charge on any atom is -0.393 e. The maximum atomic E-state index is 6.03. The molecule has 0 unspecified atom stereocenters. The van der Waals surface area contributed by atoms with Crippen LogP contribution in [0.2, 0.25) is 10.2 Å². The molecule has 0 aliphatic rings. The van der Waals surface area contributed by atoms with Crippen molar-refractivity contribution in [3.8, 4) is 0 Å². The van der Waals surface area contributed by atoms with Gasteiger partial charge in [0.05, 0.1) is 10.7 Å². The first-order valence-corrected chi connectivity index (χ1v) is 5.64. The van der Waals surface area contributed by atoms with Crippen LogP contribution in [0.15, 0.2) is 24.3 Å². The summed E-state index contributed by atoms with van der Waals surface area (Å²) in [6, 6.07) is 7.30. The number of benzene rings is 1. The first-order chi connectivity index (χ1) is 8.08. The van der Waals surface area contributed by atoms with Crippen LogP contribution in [0.25, 0.3) is 0 Å². The van der Waals surface area contributed by atoms with Gasteiger partial charge in [-0.05, 0) is 19.1 Å². The number of aryl methyl sites for hydroxylation is 1. The normalized spacial score (nSPS) is 10.3. The first-order valence-electron chi connectivity index (χ1n) is 4.89. The van der Waals surface area contributed by atoms with Crippen LogP contribution in [0.4, 0.5) is 17.2 Å². The Morgan fingerprint density at radius 2 is 1.88 bits per heavy atom. The Hall–Kier alpha value is -1.52. The lowest BCUT2D eigenvalue weighted by Gasteiger charge is -2.10. The number of nitrogens with zero attached hydrogens (tertiary/aromatic N) is 2. The minimum atomic E-state index is 0.229. The van der Waals surface area contributed by atoms with Gasteiger partial charge in [-0.1, -0.05) is 35.3 Å². The number of hydrogen-bond donors (Lipinski definition) is 2. The second-order valence-electron chi connectivity index (χ2n) is 3.43. The lowest BCUT2D eigenvalue weighted by Crippen LogP contribution is -2.03. The highest BCUT2D eigenvalue weighted by atomic mass is 35.5. The average molecular weight is 269 g/mol. The largest absolute Gasteiger partial charge is 0.393 e. The summed E-state index contributed by atoms with van der Waals surface area (Å²) in [6.07, 6.45) is 0. The molecule has 3 N–H and O–H groups in total. The summed E-state index contributed by atoms with van der Waals surface area (Å²) in [5.41, 5.74) is 6.81. The van der Waals surface area contributed by atoms with Gasteiger partial charge >= 0.3 is 0 Å². The van der Waals surface area contributed by atoms with E-state index >= 15 is 0 Å². The smallest absolute Gasteiger partial charge is 0.159 e. The number of aromatic nitrogens is 2. The Morgan fingerprint density at radius 1 is 1.18 bits per heavy atom. The zero-order chi connectivity index (χ0) is 12.4. The molecule has 0 amide bonds. The molecule has 1 heterocycles. The second kappa shape index (κ2) is 4.77. The maximum absolute atomic E-state index is 6.03. The van der Waals surface area contributed by atoms with Crippen molar-refractivity contribution in [1.29, 1.82) is 0 Å². The second-order valence-corrected chi connectivity index (χ2v) is 4.19. The Morgan fingerprint density at radius 3 is 2.59 bits per heavy atom. The van der Waals surface area contributed by atoms with E-state index in [4.69, 9.17) is 28.9 Å². The molecule has 0 saturated carbocycles. The van der Waals surface area contributed by atoms with E-state index in [0.29, 0.717) is 22.4 Å². The number of nitrogens with one attached hydrogen (secondary N) is 1. The van der Waals surface area contributed by atoms with E-state index in [1.165, 1.54) is 0 Å². The molecule has 1 aromatic heterocycles. The number of nitrogens with two attached hydrogens (primary N) is 1. The van der Waals surface area contributed by atoms with E-state index < -0.39 is 0 Å². The third-order valence-electron chi connectivity index (χ3n) is 2.14. The molecular weight excluding hydrogens is 259 g/mol. The summed E-state index contributed by atoms with van der Waals surface area (Å²) in [5, 5.41) is 3.84. The Bertz CT molecular complexity index is 557. The van der Waals surface area contributed by atoms with Gasteiger partial charge in [0.15, 0.2) is 11.0 Å². The summed E-state index contributed by atoms with van der Waals surface area (Å²) in [5.74, 6) is 0.995. The number of para-hydroxylation sites is 1. The van der Waals surface area contributed by atoms with E-state index in [9.17, 15) is 0 Å². The molecule has 0 saturated heterocycles. The van der Waals surface area contributed by atoms with Gasteiger partial charge in [0, 0.05) is 0 Å². The molecule has 0 radical (unpaired) electrons. The summed E-state index contributed by atoms with van der Waals surface area (Å²) < 4.78 is 0. The van der Waals surface area contributed by atoms with Crippen molar-refractivity contribution in [1.82, 2.24) is 9.97 Å². The third-order valence-corrected chi connectivity index (χ3v) is 2.76. The van der Waals surface area contributed by atoms with Crippen molar-refractivity contribution in [3.05, 3.63) is 40.3 Å². The van der Waals surface area contributed by atoms with Gasteiger partial charge in [-0.2, -0.15) is 0 Å². The maximum Gasteiger partial charge on any atom is 0.159 e. The van der Waals surface area contributed by atoms with Crippen LogP contribution in [0.5, 0.6) is 0 Å². The molecule has 0 atom stereocenters. The van der Waals surface area contributed by atoms with Crippen LogP contribution in [0.3, 0.4) is 0 Å². The molecule has 6 heteroatoms. The Labute approximate surface area is 109 Å². The molecule has 2 rings (SSSR count). The summed E-state index contributed by atoms with van der Waals surface area (Å²) in [6.45, 7) is 1.74. The monoisotopic (exact) mass is 268 g/mol. The van der Waals surface area contributed by atoms with Crippen LogP contribution in [-0.4, -0.2) is 9.97 Å². The molecule has 0 fully saturated rings. The van der Waals surface area contributed by atoms with Crippen molar-refractivity contribution in [2.24, 2.45) is 0 Å². The van der Waals surface area contributed by atoms with Crippen molar-refractivity contribution in [2.75, 3.05) is 11.1 Å². The number of nitrogen functional groups attached to an aromatic ring is 1. The highest BCUT2D eigenvalue weighted by molar-refractivity contribution is 6.33. The predicted molar refractivity (Wildman–Crippen MR) is 70.9 cm³/mol. The van der Waals surface area contributed by atoms with Gasteiger partial charge in [0.1, 0.15) is 11.5 Å². The Balaban J connectivity index is 2.40. The van der Waals surface area contributed by atoms with Crippen molar-refractivity contribution >= 4 is 40.4 Å². The number of rotatable bonds is 2. The average Bonchev–Trinajstić information content (AvgIpc) is 2.28. The summed E-state index contributed by atoms with van der Waals surface area (Å²) in [4.78, 5) is 8.13. The number of halogens is 2. The van der Waals surface area contributed by atoms with E-state index in [1.54, 1.807) is 13.0 Å². The molecule has 17 heavy (non-hydrogen) atoms. The molecule has 4 nitrogen and oxygen atoms in total. The molecule has 0 spiro atoms. The zero-order valence-corrected chi connectivity index (χ0v) is 10.5. The first kappa shape index (κ1) is 12.0. The molecule has 1 aromatic carbocycles. The number of hydrogen-bond acceptors (Lipinski definition) is 4. The van der Waals surface area contributed by atoms with Crippen LogP contribution >= 0.6 is 23.2 Å². The van der Waals surface area contributed by atoms with Crippen LogP contribution in [0, 0.1) is 6.92 Å². The topological polar surface area (TPSA) is 63.8 Å². The molecule has 0 aliphatic heterocycles. The third kappa shape index (κ3) is 2.60. The fourth-order valence-corrected chi connectivity index (χ4v) is 1.73. The van der Waals surface area contributed by atoms with Crippen LogP contribution in [0.1, 0.15) is 5.82 Å². The van der Waals surface area contributed by atoms with Crippen molar-refractivity contribution < 1.29 is 0 Å². The van der Waals surface area contributed by atoms with Gasteiger partial charge in [0.25, 0.3) is 0 Å². The molecule has 88 valence electrons. The van der Waals surface area contributed by atoms with Gasteiger partial charge in [-0.15, -0.1) is 0 Å². The fraction of sp³-hybridized carbons (Fsp3) is 0.0909. The zero-order valence-electron chi connectivity index (χ0n) is 9.04. The predicted octanol–water partition coefficient (Wildman–Crippen LogP) is 3.42. The lowest BCUT2D eigenvalue weighted by molar-refractivity contribution is 1.06. The van der Waals surface area contributed by atoms with E-state index in [2.05, 4.69) is 15.3 Å². The highest BCUT2D eigenvalue weighted by Gasteiger charge is 2.09. The molecule has 2 aromatic rings. The summed E-state index contributed by atoms with van der Waals surface area (Å²) >= 11 is 11.9. The van der Waals surface area contributed by atoms with E-state index in [0.717, 1.165) is 5.69 Å². The Kier molecular flexibility index (Phi) is 3.36. The lowest BCUT2D eigenvalue weighted by atomic mass is 10.3. The molecule has 0 aliphatic carbocycles. The number of anilines is 3. The SMILES string of the molecule is Cc1nc(Cl)c(N)c(Nc2ccccc2Cl)n1. The van der Waals surface area contributed by atoms with Crippen LogP contribution in [-0.2, 0) is 0 Å². The van der Waals surface area contributed by atoms with Gasteiger partial charge in [-0.25, -0.2) is 9.97 Å². The van der Waals surface area contributed by atoms with Crippen molar-refractivity contribution in [2.45, 2.75) is 6.92 Å². The van der Waals surface area contributed by atoms with Gasteiger partial charge in [0.2, 0.25) is 0 Å². The fourth-order valence-electron chi connectivity index (χ4n) is 1.33. The van der Waals surface area contributed by atoms with E-state index in [-0.39, 0.29) is 5.15 Å². The quantitative estimate of drug-likeness (QED) is 0.820. The molecular formula is C11H10Cl2N4. The minimum absolute atomic E-state index is 0.229. The standard InChI is InChI=1S/C11H10Cl2N4/c1-6-15-10(13)9(14)11(16-6)17-8-5-3-2-4-7(8)12/h2-5H,14H2,1H3,(H,15,16,17). The van der Waals surface area contributed by atoms with Gasteiger partial charge < -0.3 is 11.1 Å². The summed E-state index contributed by atoms with van der Waals surface area (Å²) in [7, 11) is 0. The van der Waals surface area contributed by atoms with Crippen LogP contribution < -0.4 is 11.1 Å². The van der Waals surface area contributed by atoms with Gasteiger partial charge in [-0.3, -0.25) is 0 Å².